The lowest BCUT2D eigenvalue weighted by atomic mass is 10.1. The second-order valence-corrected chi connectivity index (χ2v) is 10.7. The van der Waals surface area contributed by atoms with Gasteiger partial charge in [0.05, 0.1) is 17.3 Å². The van der Waals surface area contributed by atoms with E-state index >= 15 is 0 Å². The van der Waals surface area contributed by atoms with E-state index in [9.17, 15) is 4.79 Å². The zero-order valence-electron chi connectivity index (χ0n) is 22.2. The van der Waals surface area contributed by atoms with Crippen LogP contribution in [0.3, 0.4) is 0 Å². The summed E-state index contributed by atoms with van der Waals surface area (Å²) in [6, 6.07) is 15.4. The van der Waals surface area contributed by atoms with Crippen LogP contribution in [-0.4, -0.2) is 56.9 Å². The minimum atomic E-state index is -0.0725. The Morgan fingerprint density at radius 2 is 1.89 bits per heavy atom. The molecule has 3 heterocycles. The normalized spacial score (nSPS) is 14.2. The molecule has 0 saturated carbocycles. The highest BCUT2D eigenvalue weighted by molar-refractivity contribution is 6.30. The van der Waals surface area contributed by atoms with Crippen molar-refractivity contribution in [2.75, 3.05) is 36.4 Å². The number of rotatable bonds is 6. The van der Waals surface area contributed by atoms with E-state index < -0.39 is 0 Å². The molecular formula is C29H34ClN7O. The van der Waals surface area contributed by atoms with Gasteiger partial charge in [0.1, 0.15) is 11.6 Å². The molecule has 9 heteroatoms. The second kappa shape index (κ2) is 11.4. The second-order valence-electron chi connectivity index (χ2n) is 10.3. The molecule has 1 aliphatic heterocycles. The van der Waals surface area contributed by atoms with Gasteiger partial charge in [0, 0.05) is 43.3 Å². The third-order valence-electron chi connectivity index (χ3n) is 6.80. The number of carbonyl (C=O) groups excluding carboxylic acids is 1. The van der Waals surface area contributed by atoms with Crippen LogP contribution < -0.4 is 10.2 Å². The number of carbonyl (C=O) groups is 1. The summed E-state index contributed by atoms with van der Waals surface area (Å²) < 4.78 is 1.84. The van der Waals surface area contributed by atoms with Gasteiger partial charge in [-0.25, -0.2) is 19.4 Å². The number of benzene rings is 2. The van der Waals surface area contributed by atoms with Crippen molar-refractivity contribution >= 4 is 40.2 Å². The van der Waals surface area contributed by atoms with Gasteiger partial charge in [0.2, 0.25) is 0 Å². The van der Waals surface area contributed by atoms with Crippen LogP contribution in [0, 0.1) is 12.8 Å². The summed E-state index contributed by atoms with van der Waals surface area (Å²) in [4.78, 5) is 27.1. The molecule has 0 bridgehead atoms. The Balaban J connectivity index is 1.42. The summed E-state index contributed by atoms with van der Waals surface area (Å²) in [5, 5.41) is 9.27. The number of urea groups is 1. The van der Waals surface area contributed by atoms with Crippen molar-refractivity contribution < 1.29 is 4.79 Å². The van der Waals surface area contributed by atoms with Crippen LogP contribution in [0.1, 0.15) is 38.1 Å². The molecule has 0 radical (unpaired) electrons. The molecule has 1 N–H and O–H groups in total. The fourth-order valence-corrected chi connectivity index (χ4v) is 4.95. The molecular weight excluding hydrogens is 498 g/mol. The van der Waals surface area contributed by atoms with Crippen molar-refractivity contribution in [3.63, 3.8) is 0 Å². The van der Waals surface area contributed by atoms with Gasteiger partial charge in [-0.05, 0) is 61.6 Å². The van der Waals surface area contributed by atoms with Gasteiger partial charge in [-0.2, -0.15) is 5.10 Å². The number of amides is 2. The molecule has 1 aliphatic rings. The van der Waals surface area contributed by atoms with Crippen LogP contribution in [0.5, 0.6) is 0 Å². The van der Waals surface area contributed by atoms with E-state index in [2.05, 4.69) is 29.2 Å². The van der Waals surface area contributed by atoms with E-state index in [1.807, 2.05) is 71.2 Å². The number of hydrogen-bond donors (Lipinski definition) is 1. The predicted molar refractivity (Wildman–Crippen MR) is 153 cm³/mol. The van der Waals surface area contributed by atoms with Crippen LogP contribution in [-0.2, 0) is 6.42 Å². The van der Waals surface area contributed by atoms with E-state index in [0.29, 0.717) is 30.6 Å². The lowest BCUT2D eigenvalue weighted by molar-refractivity contribution is 0.215. The Hall–Kier alpha value is -3.65. The van der Waals surface area contributed by atoms with E-state index in [1.165, 1.54) is 0 Å². The topological polar surface area (TPSA) is 79.2 Å². The minimum absolute atomic E-state index is 0.0725. The third kappa shape index (κ3) is 5.91. The highest BCUT2D eigenvalue weighted by Crippen LogP contribution is 2.28. The number of fused-ring (bicyclic) bond motifs is 1. The van der Waals surface area contributed by atoms with E-state index in [0.717, 1.165) is 65.4 Å². The largest absolute Gasteiger partial charge is 0.354 e. The lowest BCUT2D eigenvalue weighted by Gasteiger charge is -2.24. The zero-order chi connectivity index (χ0) is 26.6. The average Bonchev–Trinajstić information content (AvgIpc) is 3.15. The SMILES string of the molecule is Cc1cccc(NC(=O)N2CCCN(c3nc(CCC(C)C)nc4c3cnn4-c3cccc(Cl)c3)CC2)c1. The van der Waals surface area contributed by atoms with Crippen LogP contribution in [0.25, 0.3) is 16.7 Å². The number of aryl methyl sites for hydroxylation is 2. The van der Waals surface area contributed by atoms with Crippen LogP contribution in [0.15, 0.2) is 54.7 Å². The Morgan fingerprint density at radius 1 is 1.05 bits per heavy atom. The third-order valence-corrected chi connectivity index (χ3v) is 7.04. The van der Waals surface area contributed by atoms with Gasteiger partial charge >= 0.3 is 6.03 Å². The Morgan fingerprint density at radius 3 is 2.68 bits per heavy atom. The first-order valence-corrected chi connectivity index (χ1v) is 13.6. The molecule has 2 aromatic heterocycles. The molecule has 4 aromatic rings. The van der Waals surface area contributed by atoms with Gasteiger partial charge in [0.25, 0.3) is 0 Å². The van der Waals surface area contributed by atoms with Crippen LogP contribution >= 0.6 is 11.6 Å². The maximum atomic E-state index is 13.0. The van der Waals surface area contributed by atoms with Gasteiger partial charge in [-0.15, -0.1) is 0 Å². The van der Waals surface area contributed by atoms with Crippen molar-refractivity contribution in [1.29, 1.82) is 0 Å². The molecule has 5 rings (SSSR count). The number of aromatic nitrogens is 4. The summed E-state index contributed by atoms with van der Waals surface area (Å²) in [5.41, 5.74) is 3.57. The van der Waals surface area contributed by atoms with Crippen molar-refractivity contribution in [1.82, 2.24) is 24.6 Å². The standard InChI is InChI=1S/C29H34ClN7O/c1-20(2)11-12-26-33-27(25-19-31-37(28(25)34-26)24-10-5-8-22(30)18-24)35-13-6-14-36(16-15-35)29(38)32-23-9-4-7-21(3)17-23/h4-5,7-10,17-20H,6,11-16H2,1-3H3,(H,32,38). The molecule has 0 unspecified atom stereocenters. The zero-order valence-corrected chi connectivity index (χ0v) is 22.9. The summed E-state index contributed by atoms with van der Waals surface area (Å²) in [5.74, 6) is 2.24. The van der Waals surface area contributed by atoms with Gasteiger partial charge in [-0.1, -0.05) is 43.6 Å². The number of nitrogens with one attached hydrogen (secondary N) is 1. The first kappa shape index (κ1) is 26.0. The van der Waals surface area contributed by atoms with E-state index in [4.69, 9.17) is 21.6 Å². The molecule has 8 nitrogen and oxygen atoms in total. The molecule has 38 heavy (non-hydrogen) atoms. The van der Waals surface area contributed by atoms with Crippen molar-refractivity contribution in [2.45, 2.75) is 40.0 Å². The number of hydrogen-bond acceptors (Lipinski definition) is 5. The van der Waals surface area contributed by atoms with Crippen LogP contribution in [0.4, 0.5) is 16.3 Å². The minimum Gasteiger partial charge on any atom is -0.354 e. The Bertz CT molecular complexity index is 1430. The molecule has 2 amide bonds. The van der Waals surface area contributed by atoms with Gasteiger partial charge in [0.15, 0.2) is 5.65 Å². The van der Waals surface area contributed by atoms with Gasteiger partial charge < -0.3 is 15.1 Å². The molecule has 0 spiro atoms. The summed E-state index contributed by atoms with van der Waals surface area (Å²) in [6.07, 6.45) is 4.48. The Kier molecular flexibility index (Phi) is 7.79. The molecule has 0 aliphatic carbocycles. The average molecular weight is 532 g/mol. The first-order chi connectivity index (χ1) is 18.4. The van der Waals surface area contributed by atoms with Crippen molar-refractivity contribution in [3.8, 4) is 5.69 Å². The molecule has 198 valence electrons. The van der Waals surface area contributed by atoms with Crippen LogP contribution in [0.2, 0.25) is 5.02 Å². The maximum Gasteiger partial charge on any atom is 0.321 e. The highest BCUT2D eigenvalue weighted by atomic mass is 35.5. The maximum absolute atomic E-state index is 13.0. The van der Waals surface area contributed by atoms with Crippen molar-refractivity contribution in [2.24, 2.45) is 5.92 Å². The Labute approximate surface area is 228 Å². The first-order valence-electron chi connectivity index (χ1n) is 13.3. The molecule has 1 saturated heterocycles. The molecule has 2 aromatic carbocycles. The number of anilines is 2. The monoisotopic (exact) mass is 531 g/mol. The number of nitrogens with zero attached hydrogens (tertiary/aromatic N) is 6. The molecule has 1 fully saturated rings. The van der Waals surface area contributed by atoms with Crippen molar-refractivity contribution in [3.05, 3.63) is 71.1 Å². The lowest BCUT2D eigenvalue weighted by Crippen LogP contribution is -2.38. The predicted octanol–water partition coefficient (Wildman–Crippen LogP) is 6.11. The summed E-state index contributed by atoms with van der Waals surface area (Å²) in [6.45, 7) is 9.20. The fourth-order valence-electron chi connectivity index (χ4n) is 4.76. The summed E-state index contributed by atoms with van der Waals surface area (Å²) >= 11 is 6.28. The van der Waals surface area contributed by atoms with Gasteiger partial charge in [-0.3, -0.25) is 0 Å². The quantitative estimate of drug-likeness (QED) is 0.325. The summed E-state index contributed by atoms with van der Waals surface area (Å²) in [7, 11) is 0. The van der Waals surface area contributed by atoms with E-state index in [-0.39, 0.29) is 6.03 Å². The fraction of sp³-hybridized carbons (Fsp3) is 0.379. The highest BCUT2D eigenvalue weighted by Gasteiger charge is 2.24. The number of halogens is 1. The molecule has 0 atom stereocenters. The van der Waals surface area contributed by atoms with E-state index in [1.54, 1.807) is 0 Å². The smallest absolute Gasteiger partial charge is 0.321 e.